The molecule has 0 aliphatic rings. The van der Waals surface area contributed by atoms with Gasteiger partial charge in [-0.25, -0.2) is 0 Å². The summed E-state index contributed by atoms with van der Waals surface area (Å²) in [5.74, 6) is -0.440. The first-order chi connectivity index (χ1) is 9.38. The number of halogens is 1. The van der Waals surface area contributed by atoms with Crippen molar-refractivity contribution in [2.45, 2.75) is 13.8 Å². The van der Waals surface area contributed by atoms with E-state index in [1.54, 1.807) is 18.2 Å². The summed E-state index contributed by atoms with van der Waals surface area (Å²) in [5, 5.41) is 12.5. The lowest BCUT2D eigenvalue weighted by molar-refractivity contribution is 0.102. The molecule has 0 aliphatic carbocycles. The van der Waals surface area contributed by atoms with E-state index >= 15 is 0 Å². The fourth-order valence-corrected chi connectivity index (χ4v) is 2.54. The van der Waals surface area contributed by atoms with E-state index in [2.05, 4.69) is 21.2 Å². The van der Waals surface area contributed by atoms with Gasteiger partial charge >= 0.3 is 0 Å². The molecule has 1 amide bonds. The molecule has 4 nitrogen and oxygen atoms in total. The monoisotopic (exact) mass is 334 g/mol. The van der Waals surface area contributed by atoms with Gasteiger partial charge in [-0.2, -0.15) is 0 Å². The molecule has 0 unspecified atom stereocenters. The fourth-order valence-electron chi connectivity index (χ4n) is 1.95. The molecule has 0 atom stereocenters. The van der Waals surface area contributed by atoms with Crippen molar-refractivity contribution >= 4 is 33.2 Å². The Morgan fingerprint density at radius 3 is 2.60 bits per heavy atom. The molecule has 0 fully saturated rings. The highest BCUT2D eigenvalue weighted by atomic mass is 79.9. The Kier molecular flexibility index (Phi) is 3.99. The Bertz CT molecular complexity index is 661. The summed E-state index contributed by atoms with van der Waals surface area (Å²) in [4.78, 5) is 12.2. The molecule has 0 heterocycles. The van der Waals surface area contributed by atoms with Crippen molar-refractivity contribution in [2.24, 2.45) is 0 Å². The lowest BCUT2D eigenvalue weighted by Crippen LogP contribution is -2.14. The number of carbonyl (C=O) groups excluding carboxylic acids is 1. The predicted octanol–water partition coefficient (Wildman–Crippen LogP) is 3.61. The first-order valence-corrected chi connectivity index (χ1v) is 6.84. The molecule has 0 saturated heterocycles. The molecule has 0 saturated carbocycles. The molecule has 0 aromatic heterocycles. The largest absolute Gasteiger partial charge is 0.507 e. The van der Waals surface area contributed by atoms with E-state index in [4.69, 9.17) is 5.73 Å². The SMILES string of the molecule is Cc1ccc(O)c(C(=O)Nc2c(C)cc(Br)cc2N)c1. The number of carbonyl (C=O) groups is 1. The highest BCUT2D eigenvalue weighted by Crippen LogP contribution is 2.29. The molecule has 20 heavy (non-hydrogen) atoms. The topological polar surface area (TPSA) is 75.3 Å². The standard InChI is InChI=1S/C15H15BrN2O2/c1-8-3-4-13(19)11(5-8)15(20)18-14-9(2)6-10(16)7-12(14)17/h3-7,19H,17H2,1-2H3,(H,18,20). The average Bonchev–Trinajstić information content (AvgIpc) is 2.36. The van der Waals surface area contributed by atoms with Gasteiger partial charge in [-0.15, -0.1) is 0 Å². The second kappa shape index (κ2) is 5.54. The third kappa shape index (κ3) is 2.93. The van der Waals surface area contributed by atoms with E-state index in [9.17, 15) is 9.90 Å². The van der Waals surface area contributed by atoms with E-state index in [1.165, 1.54) is 6.07 Å². The van der Waals surface area contributed by atoms with E-state index in [0.717, 1.165) is 15.6 Å². The number of nitrogens with two attached hydrogens (primary N) is 1. The number of phenols is 1. The second-order valence-corrected chi connectivity index (χ2v) is 5.58. The molecule has 5 heteroatoms. The zero-order valence-corrected chi connectivity index (χ0v) is 12.8. The smallest absolute Gasteiger partial charge is 0.259 e. The summed E-state index contributed by atoms with van der Waals surface area (Å²) in [7, 11) is 0. The molecule has 4 N–H and O–H groups in total. The second-order valence-electron chi connectivity index (χ2n) is 4.66. The molecule has 0 spiro atoms. The Balaban J connectivity index is 2.35. The highest BCUT2D eigenvalue weighted by molar-refractivity contribution is 9.10. The van der Waals surface area contributed by atoms with Crippen LogP contribution in [-0.2, 0) is 0 Å². The van der Waals surface area contributed by atoms with Gasteiger partial charge in [0.15, 0.2) is 0 Å². The van der Waals surface area contributed by atoms with Crippen molar-refractivity contribution in [3.8, 4) is 5.75 Å². The van der Waals surface area contributed by atoms with Crippen molar-refractivity contribution in [3.05, 3.63) is 51.5 Å². The van der Waals surface area contributed by atoms with Gasteiger partial charge in [0.25, 0.3) is 5.91 Å². The Hall–Kier alpha value is -2.01. The zero-order valence-electron chi connectivity index (χ0n) is 11.2. The lowest BCUT2D eigenvalue weighted by atomic mass is 10.1. The zero-order chi connectivity index (χ0) is 14.9. The molecule has 0 aliphatic heterocycles. The Labute approximate surface area is 125 Å². The van der Waals surface area contributed by atoms with Gasteiger partial charge < -0.3 is 16.2 Å². The summed E-state index contributed by atoms with van der Waals surface area (Å²) >= 11 is 3.35. The normalized spacial score (nSPS) is 10.3. The van der Waals surface area contributed by atoms with Crippen LogP contribution in [0.15, 0.2) is 34.8 Å². The maximum Gasteiger partial charge on any atom is 0.259 e. The molecule has 104 valence electrons. The van der Waals surface area contributed by atoms with Gasteiger partial charge in [0, 0.05) is 4.47 Å². The van der Waals surface area contributed by atoms with Crippen molar-refractivity contribution in [3.63, 3.8) is 0 Å². The van der Waals surface area contributed by atoms with E-state index in [1.807, 2.05) is 19.9 Å². The number of amides is 1. The van der Waals surface area contributed by atoms with Gasteiger partial charge in [0.2, 0.25) is 0 Å². The molecular weight excluding hydrogens is 320 g/mol. The Morgan fingerprint density at radius 2 is 1.95 bits per heavy atom. The van der Waals surface area contributed by atoms with Crippen molar-refractivity contribution in [1.29, 1.82) is 0 Å². The van der Waals surface area contributed by atoms with Gasteiger partial charge in [-0.3, -0.25) is 4.79 Å². The van der Waals surface area contributed by atoms with E-state index in [-0.39, 0.29) is 17.2 Å². The number of aromatic hydroxyl groups is 1. The van der Waals surface area contributed by atoms with E-state index < -0.39 is 0 Å². The lowest BCUT2D eigenvalue weighted by Gasteiger charge is -2.13. The number of benzene rings is 2. The van der Waals surface area contributed by atoms with Crippen LogP contribution in [0, 0.1) is 13.8 Å². The number of hydrogen-bond acceptors (Lipinski definition) is 3. The minimum absolute atomic E-state index is 0.0542. The van der Waals surface area contributed by atoms with Gasteiger partial charge in [-0.1, -0.05) is 27.6 Å². The van der Waals surface area contributed by atoms with Crippen LogP contribution in [0.2, 0.25) is 0 Å². The van der Waals surface area contributed by atoms with Crippen LogP contribution < -0.4 is 11.1 Å². The number of rotatable bonds is 2. The minimum Gasteiger partial charge on any atom is -0.507 e. The van der Waals surface area contributed by atoms with Gasteiger partial charge in [0.05, 0.1) is 16.9 Å². The molecule has 2 aromatic carbocycles. The number of hydrogen-bond donors (Lipinski definition) is 3. The highest BCUT2D eigenvalue weighted by Gasteiger charge is 2.14. The van der Waals surface area contributed by atoms with Crippen LogP contribution in [0.5, 0.6) is 5.75 Å². The van der Waals surface area contributed by atoms with Gasteiger partial charge in [0.1, 0.15) is 5.75 Å². The maximum atomic E-state index is 12.2. The number of aryl methyl sites for hydroxylation is 2. The summed E-state index contributed by atoms with van der Waals surface area (Å²) in [6.07, 6.45) is 0. The fraction of sp³-hybridized carbons (Fsp3) is 0.133. The summed E-state index contributed by atoms with van der Waals surface area (Å²) < 4.78 is 0.851. The Morgan fingerprint density at radius 1 is 1.25 bits per heavy atom. The number of phenolic OH excluding ortho intramolecular Hbond substituents is 1. The van der Waals surface area contributed by atoms with Crippen molar-refractivity contribution < 1.29 is 9.90 Å². The average molecular weight is 335 g/mol. The molecule has 2 rings (SSSR count). The van der Waals surface area contributed by atoms with Crippen LogP contribution in [0.3, 0.4) is 0 Å². The van der Waals surface area contributed by atoms with Crippen molar-refractivity contribution in [1.82, 2.24) is 0 Å². The summed E-state index contributed by atoms with van der Waals surface area (Å²) in [6.45, 7) is 3.71. The molecular formula is C15H15BrN2O2. The molecule has 2 aromatic rings. The van der Waals surface area contributed by atoms with Crippen molar-refractivity contribution in [2.75, 3.05) is 11.1 Å². The third-order valence-electron chi connectivity index (χ3n) is 2.97. The number of anilines is 2. The van der Waals surface area contributed by atoms with Crippen LogP contribution in [-0.4, -0.2) is 11.0 Å². The van der Waals surface area contributed by atoms with Crippen LogP contribution >= 0.6 is 15.9 Å². The van der Waals surface area contributed by atoms with Crippen LogP contribution in [0.1, 0.15) is 21.5 Å². The maximum absolute atomic E-state index is 12.2. The molecule has 0 radical (unpaired) electrons. The third-order valence-corrected chi connectivity index (χ3v) is 3.42. The van der Waals surface area contributed by atoms with Gasteiger partial charge in [-0.05, 0) is 43.7 Å². The quantitative estimate of drug-likeness (QED) is 0.734. The minimum atomic E-state index is -0.386. The first kappa shape index (κ1) is 14.4. The van der Waals surface area contributed by atoms with Crippen LogP contribution in [0.25, 0.3) is 0 Å². The van der Waals surface area contributed by atoms with E-state index in [0.29, 0.717) is 11.4 Å². The summed E-state index contributed by atoms with van der Waals surface area (Å²) in [6, 6.07) is 8.46. The first-order valence-electron chi connectivity index (χ1n) is 6.05. The number of nitrogens with one attached hydrogen (secondary N) is 1. The molecule has 0 bridgehead atoms. The van der Waals surface area contributed by atoms with Crippen LogP contribution in [0.4, 0.5) is 11.4 Å². The summed E-state index contributed by atoms with van der Waals surface area (Å²) in [5.41, 5.74) is 8.90. The predicted molar refractivity (Wildman–Crippen MR) is 84.1 cm³/mol. The number of nitrogen functional groups attached to an aromatic ring is 1.